The van der Waals surface area contributed by atoms with Crippen LogP contribution in [0.25, 0.3) is 5.57 Å². The highest BCUT2D eigenvalue weighted by atomic mass is 16.5. The molecule has 0 saturated heterocycles. The van der Waals surface area contributed by atoms with E-state index in [4.69, 9.17) is 24.1 Å². The summed E-state index contributed by atoms with van der Waals surface area (Å²) in [5, 5.41) is 28.9. The average molecular weight is 487 g/mol. The molecule has 1 aromatic rings. The number of aliphatic hydroxyl groups is 3. The van der Waals surface area contributed by atoms with E-state index in [1.807, 2.05) is 12.2 Å². The van der Waals surface area contributed by atoms with E-state index < -0.39 is 30.3 Å². The van der Waals surface area contributed by atoms with Gasteiger partial charge in [0.25, 0.3) is 0 Å². The molecule has 0 saturated carbocycles. The van der Waals surface area contributed by atoms with Crippen LogP contribution >= 0.6 is 0 Å². The molecule has 0 amide bonds. The summed E-state index contributed by atoms with van der Waals surface area (Å²) in [7, 11) is 0. The summed E-state index contributed by atoms with van der Waals surface area (Å²) < 4.78 is 21.4. The van der Waals surface area contributed by atoms with E-state index in [0.717, 1.165) is 6.08 Å². The fourth-order valence-corrected chi connectivity index (χ4v) is 3.58. The van der Waals surface area contributed by atoms with Crippen molar-refractivity contribution in [1.82, 2.24) is 0 Å². The molecular weight excluding hydrogens is 456 g/mol. The van der Waals surface area contributed by atoms with Gasteiger partial charge < -0.3 is 34.3 Å². The highest BCUT2D eigenvalue weighted by Crippen LogP contribution is 2.32. The molecule has 188 valence electrons. The first-order valence-corrected chi connectivity index (χ1v) is 11.4. The van der Waals surface area contributed by atoms with Gasteiger partial charge in [0.2, 0.25) is 0 Å². The maximum absolute atomic E-state index is 12.6. The van der Waals surface area contributed by atoms with Gasteiger partial charge in [0, 0.05) is 24.8 Å². The average Bonchev–Trinajstić information content (AvgIpc) is 2.87. The maximum atomic E-state index is 12.6. The number of rotatable bonds is 13. The summed E-state index contributed by atoms with van der Waals surface area (Å²) in [6.07, 6.45) is 5.89. The van der Waals surface area contributed by atoms with Crippen molar-refractivity contribution in [2.75, 3.05) is 26.4 Å². The molecule has 2 aliphatic rings. The largest absolute Gasteiger partial charge is 0.494 e. The molecule has 35 heavy (non-hydrogen) atoms. The summed E-state index contributed by atoms with van der Waals surface area (Å²) in [4.78, 5) is 23.6. The topological polar surface area (TPSA) is 132 Å². The van der Waals surface area contributed by atoms with Gasteiger partial charge in [-0.05, 0) is 29.8 Å². The number of aliphatic hydroxyl groups excluding tert-OH is 3. The smallest absolute Gasteiger partial charge is 0.339 e. The van der Waals surface area contributed by atoms with Crippen molar-refractivity contribution in [1.29, 1.82) is 0 Å². The molecule has 0 bridgehead atoms. The number of esters is 2. The number of hydrogen-bond donors (Lipinski definition) is 3. The van der Waals surface area contributed by atoms with E-state index in [-0.39, 0.29) is 45.2 Å². The van der Waals surface area contributed by atoms with Crippen molar-refractivity contribution in [3.05, 3.63) is 72.5 Å². The number of carbonyl (C=O) groups is 2. The summed E-state index contributed by atoms with van der Waals surface area (Å²) in [6, 6.07) is 6.99. The van der Waals surface area contributed by atoms with Gasteiger partial charge in [0.05, 0.1) is 37.6 Å². The third-order valence-corrected chi connectivity index (χ3v) is 5.49. The predicted molar refractivity (Wildman–Crippen MR) is 126 cm³/mol. The Morgan fingerprint density at radius 3 is 2.46 bits per heavy atom. The van der Waals surface area contributed by atoms with Crippen LogP contribution in [0.1, 0.15) is 18.4 Å². The molecule has 4 unspecified atom stereocenters. The summed E-state index contributed by atoms with van der Waals surface area (Å²) >= 11 is 0. The lowest BCUT2D eigenvalue weighted by Crippen LogP contribution is -2.31. The van der Waals surface area contributed by atoms with Crippen molar-refractivity contribution >= 4 is 17.5 Å². The van der Waals surface area contributed by atoms with E-state index in [1.165, 1.54) is 0 Å². The summed E-state index contributed by atoms with van der Waals surface area (Å²) in [5.41, 5.74) is 1.16. The molecule has 1 aliphatic carbocycles. The van der Waals surface area contributed by atoms with Gasteiger partial charge in [-0.2, -0.15) is 0 Å². The second-order valence-corrected chi connectivity index (χ2v) is 7.98. The minimum absolute atomic E-state index is 0.0244. The Morgan fingerprint density at radius 1 is 1.06 bits per heavy atom. The fourth-order valence-electron chi connectivity index (χ4n) is 3.58. The zero-order valence-corrected chi connectivity index (χ0v) is 19.2. The quantitative estimate of drug-likeness (QED) is 0.281. The minimum atomic E-state index is -1.06. The fraction of sp³-hybridized carbons (Fsp3) is 0.385. The minimum Gasteiger partial charge on any atom is -0.494 e. The molecule has 1 heterocycles. The van der Waals surface area contributed by atoms with Crippen molar-refractivity contribution in [2.24, 2.45) is 5.92 Å². The van der Waals surface area contributed by atoms with Crippen LogP contribution in [-0.2, 0) is 23.8 Å². The predicted octanol–water partition coefficient (Wildman–Crippen LogP) is 1.68. The highest BCUT2D eigenvalue weighted by Gasteiger charge is 2.31. The molecule has 0 aromatic heterocycles. The molecule has 0 fully saturated rings. The number of ether oxygens (including phenoxy) is 4. The number of hydrogen-bond acceptors (Lipinski definition) is 9. The van der Waals surface area contributed by atoms with E-state index in [1.54, 1.807) is 36.4 Å². The van der Waals surface area contributed by atoms with E-state index in [2.05, 4.69) is 6.58 Å². The van der Waals surface area contributed by atoms with E-state index in [0.29, 0.717) is 22.6 Å². The van der Waals surface area contributed by atoms with Crippen molar-refractivity contribution < 1.29 is 43.9 Å². The Hall–Kier alpha value is -3.40. The molecule has 1 aromatic carbocycles. The van der Waals surface area contributed by atoms with Crippen LogP contribution in [0.15, 0.2) is 67.0 Å². The second-order valence-electron chi connectivity index (χ2n) is 7.98. The van der Waals surface area contributed by atoms with Crippen LogP contribution in [-0.4, -0.2) is 72.0 Å². The molecular formula is C26H30O9. The third kappa shape index (κ3) is 7.54. The van der Waals surface area contributed by atoms with Gasteiger partial charge in [-0.15, -0.1) is 0 Å². The molecule has 1 aliphatic heterocycles. The number of fused-ring (bicyclic) bond motifs is 1. The lowest BCUT2D eigenvalue weighted by molar-refractivity contribution is -0.142. The Balaban J connectivity index is 1.49. The van der Waals surface area contributed by atoms with Crippen LogP contribution in [0, 0.1) is 5.92 Å². The van der Waals surface area contributed by atoms with Gasteiger partial charge in [0.1, 0.15) is 24.2 Å². The lowest BCUT2D eigenvalue weighted by Gasteiger charge is -2.29. The Labute approximate surface area is 203 Å². The normalized spacial score (nSPS) is 20.5. The third-order valence-electron chi connectivity index (χ3n) is 5.49. The SMILES string of the molecule is C=CC(=O)OCCC(O)C(O)CCOC1=CC2OC(=O)C(c3ccc(OCCO)cc3)=CC2C=C1. The van der Waals surface area contributed by atoms with Gasteiger partial charge in [-0.1, -0.05) is 30.9 Å². The first-order valence-electron chi connectivity index (χ1n) is 11.4. The summed E-state index contributed by atoms with van der Waals surface area (Å²) in [6.45, 7) is 3.51. The monoisotopic (exact) mass is 486 g/mol. The van der Waals surface area contributed by atoms with Crippen LogP contribution < -0.4 is 4.74 Å². The molecule has 0 radical (unpaired) electrons. The standard InChI is InChI=1S/C26H30O9/c1-2-25(30)34-13-10-23(29)22(28)9-12-32-20-8-5-18-15-21(26(31)35-24(18)16-20)17-3-6-19(7-4-17)33-14-11-27/h2-8,15-16,18,22-24,27-29H,1,9-14H2. The summed E-state index contributed by atoms with van der Waals surface area (Å²) in [5.74, 6) is -0.0798. The Morgan fingerprint density at radius 2 is 1.77 bits per heavy atom. The maximum Gasteiger partial charge on any atom is 0.339 e. The van der Waals surface area contributed by atoms with Crippen molar-refractivity contribution in [3.8, 4) is 5.75 Å². The van der Waals surface area contributed by atoms with Crippen molar-refractivity contribution in [2.45, 2.75) is 31.2 Å². The first-order chi connectivity index (χ1) is 16.9. The second kappa shape index (κ2) is 12.9. The van der Waals surface area contributed by atoms with E-state index >= 15 is 0 Å². The van der Waals surface area contributed by atoms with Gasteiger partial charge >= 0.3 is 11.9 Å². The zero-order chi connectivity index (χ0) is 25.2. The van der Waals surface area contributed by atoms with Crippen LogP contribution in [0.4, 0.5) is 0 Å². The molecule has 3 N–H and O–H groups in total. The van der Waals surface area contributed by atoms with Gasteiger partial charge in [0.15, 0.2) is 0 Å². The molecule has 9 nitrogen and oxygen atoms in total. The van der Waals surface area contributed by atoms with Gasteiger partial charge in [-0.25, -0.2) is 9.59 Å². The van der Waals surface area contributed by atoms with Crippen molar-refractivity contribution in [3.63, 3.8) is 0 Å². The lowest BCUT2D eigenvalue weighted by atomic mass is 9.90. The van der Waals surface area contributed by atoms with E-state index in [9.17, 15) is 19.8 Å². The van der Waals surface area contributed by atoms with Crippen LogP contribution in [0.5, 0.6) is 5.75 Å². The zero-order valence-electron chi connectivity index (χ0n) is 19.2. The number of benzene rings is 1. The Bertz CT molecular complexity index is 977. The molecule has 9 heteroatoms. The van der Waals surface area contributed by atoms with Gasteiger partial charge in [-0.3, -0.25) is 0 Å². The molecule has 4 atom stereocenters. The van der Waals surface area contributed by atoms with Crippen LogP contribution in [0.2, 0.25) is 0 Å². The molecule has 0 spiro atoms. The first kappa shape index (κ1) is 26.2. The molecule has 3 rings (SSSR count). The number of carbonyl (C=O) groups excluding carboxylic acids is 2. The Kier molecular flexibility index (Phi) is 9.66. The highest BCUT2D eigenvalue weighted by molar-refractivity contribution is 6.17. The van der Waals surface area contributed by atoms with Crippen LogP contribution in [0.3, 0.4) is 0 Å². The number of allylic oxidation sites excluding steroid dienone is 1.